The Morgan fingerprint density at radius 3 is 2.31 bits per heavy atom. The quantitative estimate of drug-likeness (QED) is 0.797. The van der Waals surface area contributed by atoms with E-state index < -0.39 is 5.54 Å². The van der Waals surface area contributed by atoms with Crippen molar-refractivity contribution in [2.75, 3.05) is 13.7 Å². The van der Waals surface area contributed by atoms with Crippen LogP contribution in [-0.4, -0.2) is 25.3 Å². The van der Waals surface area contributed by atoms with Crippen molar-refractivity contribution in [1.29, 1.82) is 5.26 Å². The molecular weight excluding hydrogens is 200 g/mol. The van der Waals surface area contributed by atoms with Gasteiger partial charge in [0, 0.05) is 0 Å². The third-order valence-corrected chi connectivity index (χ3v) is 3.54. The van der Waals surface area contributed by atoms with Gasteiger partial charge in [-0.25, -0.2) is 0 Å². The van der Waals surface area contributed by atoms with Crippen molar-refractivity contribution in [3.63, 3.8) is 0 Å². The first-order valence-electron chi connectivity index (χ1n) is 6.21. The smallest absolute Gasteiger partial charge is 0.127 e. The Balaban J connectivity index is 2.40. The number of hydrogen-bond acceptors (Lipinski definition) is 3. The minimum absolute atomic E-state index is 0.333. The number of likely N-dealkylation sites (N-methyl/N-ethyl adjacent to an activating group) is 1. The lowest BCUT2D eigenvalue weighted by atomic mass is 9.82. The van der Waals surface area contributed by atoms with Crippen LogP contribution in [0.4, 0.5) is 0 Å². The molecule has 0 saturated heterocycles. The average molecular weight is 224 g/mol. The highest BCUT2D eigenvalue weighted by molar-refractivity contribution is 5.03. The lowest BCUT2D eigenvalue weighted by molar-refractivity contribution is -0.0156. The molecule has 1 N–H and O–H groups in total. The summed E-state index contributed by atoms with van der Waals surface area (Å²) in [6, 6.07) is 2.25. The third kappa shape index (κ3) is 3.77. The molecule has 0 heterocycles. The first-order chi connectivity index (χ1) is 7.49. The zero-order valence-corrected chi connectivity index (χ0v) is 10.9. The molecule has 92 valence electrons. The van der Waals surface area contributed by atoms with Gasteiger partial charge in [-0.1, -0.05) is 13.8 Å². The largest absolute Gasteiger partial charge is 0.375 e. The Bertz CT molecular complexity index is 251. The number of rotatable bonds is 4. The Hall–Kier alpha value is -0.590. The lowest BCUT2D eigenvalue weighted by Gasteiger charge is -2.33. The maximum atomic E-state index is 9.03. The van der Waals surface area contributed by atoms with E-state index in [1.807, 2.05) is 6.92 Å². The van der Waals surface area contributed by atoms with Crippen molar-refractivity contribution in [1.82, 2.24) is 5.32 Å². The number of hydrogen-bond donors (Lipinski definition) is 1. The molecule has 0 aromatic heterocycles. The predicted molar refractivity (Wildman–Crippen MR) is 65.0 cm³/mol. The first-order valence-corrected chi connectivity index (χ1v) is 6.21. The fourth-order valence-corrected chi connectivity index (χ4v) is 2.45. The van der Waals surface area contributed by atoms with Gasteiger partial charge in [-0.3, -0.25) is 0 Å². The van der Waals surface area contributed by atoms with Crippen LogP contribution >= 0.6 is 0 Å². The second-order valence-corrected chi connectivity index (χ2v) is 5.54. The van der Waals surface area contributed by atoms with Gasteiger partial charge in [0.25, 0.3) is 0 Å². The number of nitrogens with one attached hydrogen (secondary N) is 1. The molecule has 1 aliphatic carbocycles. The van der Waals surface area contributed by atoms with Crippen LogP contribution in [0.2, 0.25) is 0 Å². The van der Waals surface area contributed by atoms with Gasteiger partial charge < -0.3 is 10.1 Å². The molecule has 1 rings (SSSR count). The van der Waals surface area contributed by atoms with Gasteiger partial charge in [0.2, 0.25) is 0 Å². The van der Waals surface area contributed by atoms with Crippen LogP contribution in [0.15, 0.2) is 0 Å². The molecule has 3 unspecified atom stereocenters. The summed E-state index contributed by atoms with van der Waals surface area (Å²) in [4.78, 5) is 0. The van der Waals surface area contributed by atoms with Crippen LogP contribution in [0.1, 0.15) is 40.0 Å². The van der Waals surface area contributed by atoms with Gasteiger partial charge in [-0.15, -0.1) is 0 Å². The highest BCUT2D eigenvalue weighted by Gasteiger charge is 2.28. The second-order valence-electron chi connectivity index (χ2n) is 5.54. The molecule has 0 amide bonds. The monoisotopic (exact) mass is 224 g/mol. The molecule has 0 aliphatic heterocycles. The molecule has 16 heavy (non-hydrogen) atoms. The maximum absolute atomic E-state index is 9.03. The average Bonchev–Trinajstić information content (AvgIpc) is 2.25. The Labute approximate surface area is 99.2 Å². The van der Waals surface area contributed by atoms with E-state index in [4.69, 9.17) is 10.00 Å². The predicted octanol–water partition coefficient (Wildman–Crippen LogP) is 2.33. The summed E-state index contributed by atoms with van der Waals surface area (Å²) in [5.41, 5.74) is -0.552. The summed E-state index contributed by atoms with van der Waals surface area (Å²) in [6.45, 7) is 6.92. The van der Waals surface area contributed by atoms with Crippen LogP contribution in [0.3, 0.4) is 0 Å². The van der Waals surface area contributed by atoms with Crippen LogP contribution in [-0.2, 0) is 4.74 Å². The molecule has 1 aliphatic rings. The van der Waals surface area contributed by atoms with E-state index in [9.17, 15) is 0 Å². The molecule has 0 radical (unpaired) electrons. The molecule has 0 aromatic carbocycles. The van der Waals surface area contributed by atoms with Crippen LogP contribution < -0.4 is 5.32 Å². The maximum Gasteiger partial charge on any atom is 0.127 e. The van der Waals surface area contributed by atoms with Gasteiger partial charge in [0.05, 0.1) is 18.8 Å². The third-order valence-electron chi connectivity index (χ3n) is 3.54. The van der Waals surface area contributed by atoms with Gasteiger partial charge in [-0.05, 0) is 45.1 Å². The van der Waals surface area contributed by atoms with Gasteiger partial charge in [0.15, 0.2) is 0 Å². The van der Waals surface area contributed by atoms with Crippen molar-refractivity contribution in [3.05, 3.63) is 0 Å². The normalized spacial score (nSPS) is 34.1. The van der Waals surface area contributed by atoms with E-state index in [1.54, 1.807) is 7.05 Å². The van der Waals surface area contributed by atoms with Crippen molar-refractivity contribution in [2.24, 2.45) is 11.8 Å². The van der Waals surface area contributed by atoms with Crippen molar-refractivity contribution < 1.29 is 4.74 Å². The van der Waals surface area contributed by atoms with Crippen LogP contribution in [0, 0.1) is 23.2 Å². The number of nitriles is 1. The lowest BCUT2D eigenvalue weighted by Crippen LogP contribution is -2.44. The van der Waals surface area contributed by atoms with Gasteiger partial charge in [0.1, 0.15) is 5.54 Å². The SMILES string of the molecule is CNC(C)(C#N)COC1CC(C)CC(C)C1. The minimum Gasteiger partial charge on any atom is -0.375 e. The van der Waals surface area contributed by atoms with E-state index in [-0.39, 0.29) is 0 Å². The molecule has 0 bridgehead atoms. The summed E-state index contributed by atoms with van der Waals surface area (Å²) >= 11 is 0. The van der Waals surface area contributed by atoms with Crippen molar-refractivity contribution in [3.8, 4) is 6.07 Å². The molecule has 0 aromatic rings. The van der Waals surface area contributed by atoms with Crippen molar-refractivity contribution >= 4 is 0 Å². The molecular formula is C13H24N2O. The zero-order valence-electron chi connectivity index (χ0n) is 10.9. The fraction of sp³-hybridized carbons (Fsp3) is 0.923. The summed E-state index contributed by atoms with van der Waals surface area (Å²) in [5.74, 6) is 1.49. The van der Waals surface area contributed by atoms with Gasteiger partial charge >= 0.3 is 0 Å². The first kappa shape index (κ1) is 13.5. The van der Waals surface area contributed by atoms with E-state index in [0.29, 0.717) is 12.7 Å². The summed E-state index contributed by atoms with van der Waals surface area (Å²) in [6.07, 6.45) is 3.91. The topological polar surface area (TPSA) is 45.0 Å². The second kappa shape index (κ2) is 5.65. The standard InChI is InChI=1S/C13H24N2O/c1-10-5-11(2)7-12(6-10)16-9-13(3,8-14)15-4/h10-12,15H,5-7,9H2,1-4H3. The Kier molecular flexibility index (Phi) is 4.76. The number of ether oxygens (including phenoxy) is 1. The highest BCUT2D eigenvalue weighted by Crippen LogP contribution is 2.30. The van der Waals surface area contributed by atoms with Crippen LogP contribution in [0.25, 0.3) is 0 Å². The van der Waals surface area contributed by atoms with Crippen molar-refractivity contribution in [2.45, 2.75) is 51.7 Å². The van der Waals surface area contributed by atoms with Crippen LogP contribution in [0.5, 0.6) is 0 Å². The highest BCUT2D eigenvalue weighted by atomic mass is 16.5. The Morgan fingerprint density at radius 1 is 1.31 bits per heavy atom. The van der Waals surface area contributed by atoms with E-state index in [0.717, 1.165) is 24.7 Å². The molecule has 3 heteroatoms. The molecule has 1 saturated carbocycles. The fourth-order valence-electron chi connectivity index (χ4n) is 2.45. The van der Waals surface area contributed by atoms with Gasteiger partial charge in [-0.2, -0.15) is 5.26 Å². The van der Waals surface area contributed by atoms with E-state index >= 15 is 0 Å². The summed E-state index contributed by atoms with van der Waals surface area (Å²) in [5, 5.41) is 12.0. The molecule has 1 fully saturated rings. The minimum atomic E-state index is -0.552. The Morgan fingerprint density at radius 2 is 1.88 bits per heavy atom. The van der Waals surface area contributed by atoms with E-state index in [2.05, 4.69) is 25.2 Å². The molecule has 0 spiro atoms. The zero-order chi connectivity index (χ0) is 12.2. The summed E-state index contributed by atoms with van der Waals surface area (Å²) < 4.78 is 5.89. The number of nitrogens with zero attached hydrogens (tertiary/aromatic N) is 1. The molecule has 3 nitrogen and oxygen atoms in total. The van der Waals surface area contributed by atoms with E-state index in [1.165, 1.54) is 6.42 Å². The summed E-state index contributed by atoms with van der Waals surface area (Å²) in [7, 11) is 1.80. The molecule has 3 atom stereocenters.